The van der Waals surface area contributed by atoms with Gasteiger partial charge in [0, 0.05) is 24.0 Å². The van der Waals surface area contributed by atoms with Crippen LogP contribution in [0.5, 0.6) is 0 Å². The Kier molecular flexibility index (Phi) is 5.25. The lowest BCUT2D eigenvalue weighted by molar-refractivity contribution is 0.0429. The average Bonchev–Trinajstić information content (AvgIpc) is 3.48. The van der Waals surface area contributed by atoms with Crippen LogP contribution in [0.2, 0.25) is 0 Å². The van der Waals surface area contributed by atoms with Crippen molar-refractivity contribution < 1.29 is 22.5 Å². The van der Waals surface area contributed by atoms with Gasteiger partial charge in [-0.15, -0.1) is 0 Å². The number of rotatable bonds is 6. The minimum Gasteiger partial charge on any atom is -0.452 e. The molecular weight excluding hydrogens is 402 g/mol. The summed E-state index contributed by atoms with van der Waals surface area (Å²) in [6, 6.07) is 7.71. The van der Waals surface area contributed by atoms with Crippen molar-refractivity contribution in [3.05, 3.63) is 52.5 Å². The third-order valence-electron chi connectivity index (χ3n) is 4.35. The second-order valence-electron chi connectivity index (χ2n) is 6.24. The van der Waals surface area contributed by atoms with E-state index in [0.717, 1.165) is 18.4 Å². The summed E-state index contributed by atoms with van der Waals surface area (Å²) in [6.07, 6.45) is 1.69. The maximum atomic E-state index is 12.6. The van der Waals surface area contributed by atoms with Crippen molar-refractivity contribution in [2.45, 2.75) is 24.3 Å². The number of carbonyl (C=O) groups excluding carboxylic acids is 1. The van der Waals surface area contributed by atoms with E-state index in [4.69, 9.17) is 9.26 Å². The number of hydrogen-bond donors (Lipinski definition) is 0. The van der Waals surface area contributed by atoms with Gasteiger partial charge in [-0.2, -0.15) is 20.6 Å². The zero-order valence-electron chi connectivity index (χ0n) is 14.8. The van der Waals surface area contributed by atoms with E-state index in [-0.39, 0.29) is 23.0 Å². The zero-order chi connectivity index (χ0) is 19.6. The van der Waals surface area contributed by atoms with Crippen molar-refractivity contribution >= 4 is 27.3 Å². The Morgan fingerprint density at radius 3 is 2.82 bits per heavy atom. The third-order valence-corrected chi connectivity index (χ3v) is 6.92. The second-order valence-corrected chi connectivity index (χ2v) is 8.96. The van der Waals surface area contributed by atoms with Crippen molar-refractivity contribution in [1.29, 1.82) is 0 Å². The Morgan fingerprint density at radius 1 is 1.25 bits per heavy atom. The van der Waals surface area contributed by atoms with Crippen molar-refractivity contribution in [2.75, 3.05) is 13.1 Å². The average molecular weight is 419 g/mol. The van der Waals surface area contributed by atoms with Crippen LogP contribution in [0.4, 0.5) is 0 Å². The van der Waals surface area contributed by atoms with Gasteiger partial charge in [0.15, 0.2) is 6.61 Å². The normalized spacial score (nSPS) is 15.0. The lowest BCUT2D eigenvalue weighted by Crippen LogP contribution is -2.28. The molecule has 2 aromatic heterocycles. The topological polar surface area (TPSA) is 103 Å². The lowest BCUT2D eigenvalue weighted by Gasteiger charge is -2.15. The zero-order valence-corrected chi connectivity index (χ0v) is 16.4. The molecule has 8 nitrogen and oxygen atoms in total. The van der Waals surface area contributed by atoms with Crippen molar-refractivity contribution in [2.24, 2.45) is 0 Å². The number of sulfonamides is 1. The van der Waals surface area contributed by atoms with Gasteiger partial charge in [0.1, 0.15) is 0 Å². The molecule has 28 heavy (non-hydrogen) atoms. The Hall–Kier alpha value is -2.56. The molecule has 0 aliphatic carbocycles. The monoisotopic (exact) mass is 419 g/mol. The van der Waals surface area contributed by atoms with E-state index in [0.29, 0.717) is 18.9 Å². The van der Waals surface area contributed by atoms with Gasteiger partial charge in [0.25, 0.3) is 5.89 Å². The maximum Gasteiger partial charge on any atom is 0.338 e. The first-order valence-corrected chi connectivity index (χ1v) is 11.0. The molecule has 0 atom stereocenters. The van der Waals surface area contributed by atoms with Crippen LogP contribution in [0.1, 0.15) is 29.1 Å². The number of thiophene rings is 1. The van der Waals surface area contributed by atoms with Crippen LogP contribution in [0.25, 0.3) is 11.4 Å². The molecule has 0 bridgehead atoms. The van der Waals surface area contributed by atoms with E-state index in [9.17, 15) is 13.2 Å². The molecule has 4 rings (SSSR count). The first kappa shape index (κ1) is 18.8. The Labute approximate surface area is 165 Å². The molecule has 0 unspecified atom stereocenters. The molecule has 0 spiro atoms. The molecule has 1 saturated heterocycles. The highest BCUT2D eigenvalue weighted by Gasteiger charge is 2.27. The quantitative estimate of drug-likeness (QED) is 0.566. The maximum absolute atomic E-state index is 12.6. The number of hydrogen-bond acceptors (Lipinski definition) is 8. The van der Waals surface area contributed by atoms with Gasteiger partial charge in [-0.1, -0.05) is 11.2 Å². The van der Waals surface area contributed by atoms with Gasteiger partial charge < -0.3 is 9.26 Å². The van der Waals surface area contributed by atoms with E-state index >= 15 is 0 Å². The van der Waals surface area contributed by atoms with E-state index in [1.54, 1.807) is 0 Å². The summed E-state index contributed by atoms with van der Waals surface area (Å²) < 4.78 is 37.0. The molecule has 0 N–H and O–H groups in total. The Morgan fingerprint density at radius 2 is 2.07 bits per heavy atom. The number of ether oxygens (including phenoxy) is 1. The molecule has 0 amide bonds. The lowest BCUT2D eigenvalue weighted by atomic mass is 10.2. The predicted molar refractivity (Wildman–Crippen MR) is 101 cm³/mol. The van der Waals surface area contributed by atoms with Gasteiger partial charge in [-0.25, -0.2) is 13.2 Å². The van der Waals surface area contributed by atoms with Crippen molar-refractivity contribution in [1.82, 2.24) is 14.4 Å². The molecule has 0 saturated carbocycles. The van der Waals surface area contributed by atoms with Gasteiger partial charge in [-0.05, 0) is 42.5 Å². The third kappa shape index (κ3) is 3.84. The van der Waals surface area contributed by atoms with E-state index in [1.165, 1.54) is 39.9 Å². The molecule has 1 fully saturated rings. The largest absolute Gasteiger partial charge is 0.452 e. The Bertz CT molecular complexity index is 1070. The van der Waals surface area contributed by atoms with Crippen LogP contribution in [-0.2, 0) is 21.4 Å². The van der Waals surface area contributed by atoms with Crippen molar-refractivity contribution in [3.63, 3.8) is 0 Å². The number of esters is 1. The summed E-state index contributed by atoms with van der Waals surface area (Å²) in [4.78, 5) is 16.6. The summed E-state index contributed by atoms with van der Waals surface area (Å²) in [6.45, 7) is 0.806. The molecule has 10 heteroatoms. The number of benzene rings is 1. The highest BCUT2D eigenvalue weighted by Crippen LogP contribution is 2.22. The molecule has 1 aliphatic rings. The number of nitrogens with zero attached hydrogens (tertiary/aromatic N) is 3. The molecular formula is C18H17N3O5S2. The molecule has 0 radical (unpaired) electrons. The van der Waals surface area contributed by atoms with Gasteiger partial charge in [-0.3, -0.25) is 0 Å². The highest BCUT2D eigenvalue weighted by molar-refractivity contribution is 7.89. The van der Waals surface area contributed by atoms with Crippen LogP contribution in [0.15, 0.2) is 50.5 Å². The summed E-state index contributed by atoms with van der Waals surface area (Å²) in [5, 5.41) is 7.62. The van der Waals surface area contributed by atoms with Gasteiger partial charge in [0.2, 0.25) is 15.8 Å². The van der Waals surface area contributed by atoms with Crippen LogP contribution < -0.4 is 0 Å². The fourth-order valence-corrected chi connectivity index (χ4v) is 5.09. The fraction of sp³-hybridized carbons (Fsp3) is 0.278. The first-order chi connectivity index (χ1) is 13.5. The molecule has 1 aromatic carbocycles. The second kappa shape index (κ2) is 7.82. The van der Waals surface area contributed by atoms with Crippen LogP contribution >= 0.6 is 11.3 Å². The highest BCUT2D eigenvalue weighted by atomic mass is 32.2. The number of aromatic nitrogens is 2. The summed E-state index contributed by atoms with van der Waals surface area (Å²) in [7, 11) is -3.60. The SMILES string of the molecule is O=C(OCc1nc(-c2ccsc2)no1)c1cccc(S(=O)(=O)N2CCCC2)c1. The first-order valence-electron chi connectivity index (χ1n) is 8.66. The predicted octanol–water partition coefficient (Wildman–Crippen LogP) is 2.94. The van der Waals surface area contributed by atoms with E-state index < -0.39 is 16.0 Å². The molecule has 1 aliphatic heterocycles. The summed E-state index contributed by atoms with van der Waals surface area (Å²) >= 11 is 1.51. The van der Waals surface area contributed by atoms with Gasteiger partial charge >= 0.3 is 5.97 Å². The summed E-state index contributed by atoms with van der Waals surface area (Å²) in [5.41, 5.74) is 0.976. The van der Waals surface area contributed by atoms with E-state index in [2.05, 4.69) is 10.1 Å². The van der Waals surface area contributed by atoms with Gasteiger partial charge in [0.05, 0.1) is 10.5 Å². The van der Waals surface area contributed by atoms with Crippen LogP contribution in [0.3, 0.4) is 0 Å². The fourth-order valence-electron chi connectivity index (χ4n) is 2.89. The Balaban J connectivity index is 1.44. The van der Waals surface area contributed by atoms with E-state index in [1.807, 2.05) is 16.8 Å². The molecule has 3 aromatic rings. The smallest absolute Gasteiger partial charge is 0.338 e. The van der Waals surface area contributed by atoms with Crippen molar-refractivity contribution in [3.8, 4) is 11.4 Å². The van der Waals surface area contributed by atoms with Crippen LogP contribution in [0, 0.1) is 0 Å². The standard InChI is InChI=1S/C18H17N3O5S2/c22-18(25-11-16-19-17(20-26-16)14-6-9-27-12-14)13-4-3-5-15(10-13)28(23,24)21-7-1-2-8-21/h3-6,9-10,12H,1-2,7-8,11H2. The molecule has 3 heterocycles. The minimum absolute atomic E-state index is 0.0846. The number of carbonyl (C=O) groups is 1. The summed E-state index contributed by atoms with van der Waals surface area (Å²) in [5.74, 6) is -0.0739. The minimum atomic E-state index is -3.60. The van der Waals surface area contributed by atoms with Crippen LogP contribution in [-0.4, -0.2) is 41.9 Å². The molecule has 146 valence electrons.